The van der Waals surface area contributed by atoms with Crippen molar-refractivity contribution >= 4 is 5.78 Å². The molecule has 3 aromatic rings. The number of hydrogen-bond donors (Lipinski definition) is 1. The van der Waals surface area contributed by atoms with E-state index in [1.54, 1.807) is 50.5 Å². The molecule has 0 atom stereocenters. The lowest BCUT2D eigenvalue weighted by atomic mass is 9.99. The second-order valence-electron chi connectivity index (χ2n) is 6.55. The predicted molar refractivity (Wildman–Crippen MR) is 103 cm³/mol. The quantitative estimate of drug-likeness (QED) is 0.665. The monoisotopic (exact) mass is 381 g/mol. The summed E-state index contributed by atoms with van der Waals surface area (Å²) in [6, 6.07) is 8.19. The molecule has 0 aliphatic carbocycles. The summed E-state index contributed by atoms with van der Waals surface area (Å²) in [6.07, 6.45) is 3.44. The first kappa shape index (κ1) is 19.4. The van der Waals surface area contributed by atoms with Crippen LogP contribution in [0.5, 0.6) is 0 Å². The number of H-pyrrole nitrogens is 1. The molecular formula is C21H20FN3O3. The lowest BCUT2D eigenvalue weighted by molar-refractivity contribution is 0.102. The standard InChI is InChI=1S/C21H20FN3O3/c1-3-17-18(19(26)16-9-13(2)8-15(10-16)11-22)25(21(28)24-20(17)27)12-14-4-6-23-7-5-14/h4-10H,3,11-12H2,1-2H3,(H,24,27,28). The molecule has 1 aromatic carbocycles. The Hall–Kier alpha value is -3.35. The van der Waals surface area contributed by atoms with E-state index in [2.05, 4.69) is 9.97 Å². The average molecular weight is 381 g/mol. The summed E-state index contributed by atoms with van der Waals surface area (Å²) >= 11 is 0. The Kier molecular flexibility index (Phi) is 5.63. The fraction of sp³-hybridized carbons (Fsp3) is 0.238. The molecule has 6 nitrogen and oxygen atoms in total. The highest BCUT2D eigenvalue weighted by atomic mass is 19.1. The number of nitrogens with one attached hydrogen (secondary N) is 1. The van der Waals surface area contributed by atoms with E-state index in [1.165, 1.54) is 10.6 Å². The lowest BCUT2D eigenvalue weighted by Gasteiger charge is -2.15. The normalized spacial score (nSPS) is 10.8. The fourth-order valence-electron chi connectivity index (χ4n) is 3.23. The van der Waals surface area contributed by atoms with Gasteiger partial charge in [0, 0.05) is 23.5 Å². The van der Waals surface area contributed by atoms with Gasteiger partial charge >= 0.3 is 5.69 Å². The third-order valence-corrected chi connectivity index (χ3v) is 4.51. The smallest absolute Gasteiger partial charge is 0.287 e. The Morgan fingerprint density at radius 3 is 2.50 bits per heavy atom. The number of aromatic nitrogens is 3. The molecule has 2 aromatic heterocycles. The first-order valence-electron chi connectivity index (χ1n) is 8.90. The van der Waals surface area contributed by atoms with Gasteiger partial charge in [-0.15, -0.1) is 0 Å². The molecule has 0 aliphatic rings. The van der Waals surface area contributed by atoms with Gasteiger partial charge in [-0.2, -0.15) is 0 Å². The average Bonchev–Trinajstić information content (AvgIpc) is 2.69. The summed E-state index contributed by atoms with van der Waals surface area (Å²) in [5.41, 5.74) is 1.11. The van der Waals surface area contributed by atoms with Crippen LogP contribution < -0.4 is 11.2 Å². The number of pyridine rings is 1. The van der Waals surface area contributed by atoms with Crippen molar-refractivity contribution in [1.29, 1.82) is 0 Å². The maximum absolute atomic E-state index is 13.3. The van der Waals surface area contributed by atoms with Crippen molar-refractivity contribution in [3.05, 3.63) is 97.1 Å². The summed E-state index contributed by atoms with van der Waals surface area (Å²) < 4.78 is 14.4. The maximum Gasteiger partial charge on any atom is 0.329 e. The Morgan fingerprint density at radius 2 is 1.86 bits per heavy atom. The zero-order chi connectivity index (χ0) is 20.3. The third kappa shape index (κ3) is 3.83. The van der Waals surface area contributed by atoms with Gasteiger partial charge < -0.3 is 0 Å². The number of nitrogens with zero attached hydrogens (tertiary/aromatic N) is 2. The van der Waals surface area contributed by atoms with Crippen molar-refractivity contribution in [1.82, 2.24) is 14.5 Å². The van der Waals surface area contributed by atoms with Crippen molar-refractivity contribution in [2.24, 2.45) is 0 Å². The van der Waals surface area contributed by atoms with Crippen molar-refractivity contribution in [3.8, 4) is 0 Å². The number of aryl methyl sites for hydroxylation is 1. The second kappa shape index (κ2) is 8.12. The molecule has 3 rings (SSSR count). The topological polar surface area (TPSA) is 84.8 Å². The number of carbonyl (C=O) groups is 1. The molecule has 0 aliphatic heterocycles. The van der Waals surface area contributed by atoms with E-state index < -0.39 is 23.7 Å². The zero-order valence-electron chi connectivity index (χ0n) is 15.7. The maximum atomic E-state index is 13.3. The number of aromatic amines is 1. The van der Waals surface area contributed by atoms with Gasteiger partial charge in [-0.05, 0) is 48.7 Å². The van der Waals surface area contributed by atoms with E-state index in [-0.39, 0.29) is 29.8 Å². The number of carbonyl (C=O) groups excluding carboxylic acids is 1. The van der Waals surface area contributed by atoms with Gasteiger partial charge in [0.1, 0.15) is 12.4 Å². The van der Waals surface area contributed by atoms with Crippen molar-refractivity contribution in [2.75, 3.05) is 0 Å². The van der Waals surface area contributed by atoms with Crippen LogP contribution in [0.4, 0.5) is 4.39 Å². The minimum Gasteiger partial charge on any atom is -0.287 e. The molecule has 2 heterocycles. The van der Waals surface area contributed by atoms with Crippen LogP contribution in [-0.4, -0.2) is 20.3 Å². The number of ketones is 1. The number of rotatable bonds is 6. The van der Waals surface area contributed by atoms with Crippen LogP contribution in [-0.2, 0) is 19.6 Å². The summed E-state index contributed by atoms with van der Waals surface area (Å²) in [5.74, 6) is -0.479. The Bertz CT molecular complexity index is 1130. The van der Waals surface area contributed by atoms with Crippen LogP contribution in [0, 0.1) is 6.92 Å². The minimum atomic E-state index is -0.707. The molecule has 0 radical (unpaired) electrons. The van der Waals surface area contributed by atoms with Gasteiger partial charge in [0.15, 0.2) is 0 Å². The molecule has 28 heavy (non-hydrogen) atoms. The number of halogens is 1. The van der Waals surface area contributed by atoms with E-state index in [0.29, 0.717) is 5.56 Å². The van der Waals surface area contributed by atoms with Crippen molar-refractivity contribution in [3.63, 3.8) is 0 Å². The first-order valence-corrected chi connectivity index (χ1v) is 8.90. The number of hydrogen-bond acceptors (Lipinski definition) is 4. The molecule has 7 heteroatoms. The van der Waals surface area contributed by atoms with Gasteiger partial charge in [-0.3, -0.25) is 24.1 Å². The van der Waals surface area contributed by atoms with Crippen LogP contribution in [0.15, 0.2) is 52.3 Å². The van der Waals surface area contributed by atoms with E-state index in [0.717, 1.165) is 11.1 Å². The van der Waals surface area contributed by atoms with Gasteiger partial charge in [-0.1, -0.05) is 18.6 Å². The Balaban J connectivity index is 2.23. The SMILES string of the molecule is CCc1c(C(=O)c2cc(C)cc(CF)c2)n(Cc2ccncc2)c(=O)[nH]c1=O. The fourth-order valence-corrected chi connectivity index (χ4v) is 3.23. The largest absolute Gasteiger partial charge is 0.329 e. The zero-order valence-corrected chi connectivity index (χ0v) is 15.7. The highest BCUT2D eigenvalue weighted by molar-refractivity contribution is 6.09. The Labute approximate surface area is 160 Å². The minimum absolute atomic E-state index is 0.0310. The Morgan fingerprint density at radius 1 is 1.14 bits per heavy atom. The van der Waals surface area contributed by atoms with Crippen LogP contribution in [0.2, 0.25) is 0 Å². The van der Waals surface area contributed by atoms with E-state index in [1.807, 2.05) is 0 Å². The third-order valence-electron chi connectivity index (χ3n) is 4.51. The first-order chi connectivity index (χ1) is 13.4. The van der Waals surface area contributed by atoms with Gasteiger partial charge in [0.2, 0.25) is 5.78 Å². The molecule has 0 fully saturated rings. The van der Waals surface area contributed by atoms with Crippen LogP contribution in [0.1, 0.15) is 45.2 Å². The molecule has 0 saturated carbocycles. The summed E-state index contributed by atoms with van der Waals surface area (Å²) in [5, 5.41) is 0. The molecular weight excluding hydrogens is 361 g/mol. The molecule has 144 valence electrons. The molecule has 0 bridgehead atoms. The molecule has 0 spiro atoms. The predicted octanol–water partition coefficient (Wildman–Crippen LogP) is 2.55. The highest BCUT2D eigenvalue weighted by Crippen LogP contribution is 2.17. The van der Waals surface area contributed by atoms with E-state index in [4.69, 9.17) is 0 Å². The van der Waals surface area contributed by atoms with Gasteiger partial charge in [0.05, 0.1) is 6.54 Å². The number of alkyl halides is 1. The van der Waals surface area contributed by atoms with Crippen molar-refractivity contribution < 1.29 is 9.18 Å². The number of benzene rings is 1. The summed E-state index contributed by atoms with van der Waals surface area (Å²) in [6.45, 7) is 2.90. The molecule has 0 amide bonds. The van der Waals surface area contributed by atoms with Crippen LogP contribution in [0.3, 0.4) is 0 Å². The van der Waals surface area contributed by atoms with E-state index in [9.17, 15) is 18.8 Å². The lowest BCUT2D eigenvalue weighted by Crippen LogP contribution is -2.37. The highest BCUT2D eigenvalue weighted by Gasteiger charge is 2.22. The van der Waals surface area contributed by atoms with Crippen LogP contribution >= 0.6 is 0 Å². The summed E-state index contributed by atoms with van der Waals surface area (Å²) in [4.78, 5) is 44.4. The second-order valence-corrected chi connectivity index (χ2v) is 6.55. The van der Waals surface area contributed by atoms with Gasteiger partial charge in [-0.25, -0.2) is 9.18 Å². The van der Waals surface area contributed by atoms with Crippen LogP contribution in [0.25, 0.3) is 0 Å². The van der Waals surface area contributed by atoms with E-state index >= 15 is 0 Å². The van der Waals surface area contributed by atoms with Crippen molar-refractivity contribution in [2.45, 2.75) is 33.5 Å². The summed E-state index contributed by atoms with van der Waals surface area (Å²) in [7, 11) is 0. The molecule has 0 saturated heterocycles. The molecule has 0 unspecified atom stereocenters. The molecule has 1 N–H and O–H groups in total. The van der Waals surface area contributed by atoms with Gasteiger partial charge in [0.25, 0.3) is 5.56 Å².